The number of carbonyl (C=O) groups excluding carboxylic acids is 2. The quantitative estimate of drug-likeness (QED) is 0.687. The van der Waals surface area contributed by atoms with E-state index in [1.165, 1.54) is 5.56 Å². The molecule has 0 saturated carbocycles. The number of fused-ring (bicyclic) bond motifs is 4. The van der Waals surface area contributed by atoms with Gasteiger partial charge >= 0.3 is 0 Å². The van der Waals surface area contributed by atoms with Gasteiger partial charge in [-0.2, -0.15) is 0 Å². The number of likely N-dealkylation sites (tertiary alicyclic amines) is 1. The molecule has 1 aromatic carbocycles. The maximum Gasteiger partial charge on any atom is 0.236 e. The Morgan fingerprint density at radius 1 is 1.20 bits per heavy atom. The van der Waals surface area contributed by atoms with Gasteiger partial charge in [-0.1, -0.05) is 30.3 Å². The molecule has 0 unspecified atom stereocenters. The first-order valence-corrected chi connectivity index (χ1v) is 11.4. The number of methoxy groups -OCH3 is 1. The monoisotopic (exact) mass is 413 g/mol. The summed E-state index contributed by atoms with van der Waals surface area (Å²) in [5.41, 5.74) is 1.28. The first-order chi connectivity index (χ1) is 14.6. The van der Waals surface area contributed by atoms with Gasteiger partial charge in [0, 0.05) is 45.2 Å². The Labute approximate surface area is 180 Å². The van der Waals surface area contributed by atoms with Crippen molar-refractivity contribution in [2.24, 2.45) is 11.8 Å². The lowest BCUT2D eigenvalue weighted by Gasteiger charge is -2.56. The number of likely N-dealkylation sites (N-methyl/N-ethyl adjacent to an activating group) is 1. The van der Waals surface area contributed by atoms with Crippen LogP contribution < -0.4 is 0 Å². The lowest BCUT2D eigenvalue weighted by molar-refractivity contribution is -0.156. The summed E-state index contributed by atoms with van der Waals surface area (Å²) in [7, 11) is 3.66. The van der Waals surface area contributed by atoms with E-state index in [1.807, 2.05) is 18.0 Å². The normalized spacial score (nSPS) is 28.6. The molecule has 1 aromatic rings. The van der Waals surface area contributed by atoms with Crippen LogP contribution in [0.5, 0.6) is 0 Å². The molecule has 3 fully saturated rings. The predicted molar refractivity (Wildman–Crippen MR) is 116 cm³/mol. The number of ether oxygens (including phenoxy) is 1. The number of nitrogens with zero attached hydrogens (tertiary/aromatic N) is 3. The summed E-state index contributed by atoms with van der Waals surface area (Å²) >= 11 is 0. The Morgan fingerprint density at radius 2 is 1.97 bits per heavy atom. The highest BCUT2D eigenvalue weighted by molar-refractivity contribution is 5.79. The van der Waals surface area contributed by atoms with Gasteiger partial charge in [-0.15, -0.1) is 0 Å². The molecule has 0 aliphatic carbocycles. The Bertz CT molecular complexity index is 740. The lowest BCUT2D eigenvalue weighted by atomic mass is 9.70. The van der Waals surface area contributed by atoms with E-state index >= 15 is 0 Å². The van der Waals surface area contributed by atoms with Gasteiger partial charge in [0.25, 0.3) is 0 Å². The Balaban J connectivity index is 1.51. The average Bonchev–Trinajstić information content (AvgIpc) is 2.76. The van der Waals surface area contributed by atoms with Crippen molar-refractivity contribution in [1.29, 1.82) is 0 Å². The van der Waals surface area contributed by atoms with Gasteiger partial charge in [-0.05, 0) is 50.1 Å². The molecule has 4 rings (SSSR count). The predicted octanol–water partition coefficient (Wildman–Crippen LogP) is 2.04. The topological polar surface area (TPSA) is 53.1 Å². The van der Waals surface area contributed by atoms with Crippen LogP contribution in [0.1, 0.15) is 31.2 Å². The van der Waals surface area contributed by atoms with Gasteiger partial charge in [0.05, 0.1) is 13.2 Å². The highest BCUT2D eigenvalue weighted by Gasteiger charge is 2.49. The van der Waals surface area contributed by atoms with Crippen molar-refractivity contribution in [3.05, 3.63) is 35.9 Å². The molecule has 0 radical (unpaired) electrons. The van der Waals surface area contributed by atoms with Crippen LogP contribution in [-0.2, 0) is 20.7 Å². The second kappa shape index (κ2) is 9.48. The van der Waals surface area contributed by atoms with Crippen LogP contribution >= 0.6 is 0 Å². The van der Waals surface area contributed by atoms with E-state index in [1.54, 1.807) is 7.11 Å². The van der Waals surface area contributed by atoms with Gasteiger partial charge < -0.3 is 14.5 Å². The van der Waals surface area contributed by atoms with Crippen molar-refractivity contribution in [1.82, 2.24) is 14.7 Å². The van der Waals surface area contributed by atoms with E-state index in [-0.39, 0.29) is 18.0 Å². The largest absolute Gasteiger partial charge is 0.383 e. The first kappa shape index (κ1) is 21.3. The highest BCUT2D eigenvalue weighted by Crippen LogP contribution is 2.42. The molecule has 0 spiro atoms. The number of amides is 2. The molecule has 164 valence electrons. The number of benzene rings is 1. The maximum atomic E-state index is 13.1. The summed E-state index contributed by atoms with van der Waals surface area (Å²) in [6, 6.07) is 11.0. The SMILES string of the molecule is COCCN(C)CC(=O)N1C[C@H]2C[C@@H](C1)[C@H](Cc1ccccc1)N1C(=O)CCC[C@@H]21. The molecule has 6 heteroatoms. The molecule has 2 amide bonds. The number of piperidine rings is 3. The second-order valence-corrected chi connectivity index (χ2v) is 9.30. The fraction of sp³-hybridized carbons (Fsp3) is 0.667. The zero-order valence-electron chi connectivity index (χ0n) is 18.3. The van der Waals surface area contributed by atoms with E-state index in [9.17, 15) is 9.59 Å². The molecule has 2 bridgehead atoms. The standard InChI is InChI=1S/C24H35N3O3/c1-25(11-12-30-2)17-24(29)26-15-19-14-20(16-26)22(13-18-7-4-3-5-8-18)27-21(19)9-6-10-23(27)28/h3-5,7-8,19-22H,6,9-17H2,1-2H3/t19-,20+,21+,22+/m1/s1. The van der Waals surface area contributed by atoms with Crippen LogP contribution in [0.4, 0.5) is 0 Å². The Morgan fingerprint density at radius 3 is 2.73 bits per heavy atom. The molecular weight excluding hydrogens is 378 g/mol. The zero-order chi connectivity index (χ0) is 21.1. The summed E-state index contributed by atoms with van der Waals surface area (Å²) < 4.78 is 5.14. The van der Waals surface area contributed by atoms with Crippen LogP contribution in [0.2, 0.25) is 0 Å². The zero-order valence-corrected chi connectivity index (χ0v) is 18.3. The fourth-order valence-corrected chi connectivity index (χ4v) is 5.75. The minimum Gasteiger partial charge on any atom is -0.383 e. The maximum absolute atomic E-state index is 13.1. The highest BCUT2D eigenvalue weighted by atomic mass is 16.5. The third-order valence-corrected chi connectivity index (χ3v) is 7.22. The minimum atomic E-state index is 0.197. The van der Waals surface area contributed by atoms with E-state index in [0.29, 0.717) is 37.3 Å². The van der Waals surface area contributed by atoms with Crippen LogP contribution in [0, 0.1) is 11.8 Å². The van der Waals surface area contributed by atoms with Gasteiger partial charge in [0.1, 0.15) is 0 Å². The van der Waals surface area contributed by atoms with Crippen molar-refractivity contribution >= 4 is 11.8 Å². The van der Waals surface area contributed by atoms with E-state index in [0.717, 1.165) is 45.3 Å². The molecule has 4 atom stereocenters. The lowest BCUT2D eigenvalue weighted by Crippen LogP contribution is -2.66. The average molecular weight is 414 g/mol. The summed E-state index contributed by atoms with van der Waals surface area (Å²) in [6.45, 7) is 3.37. The van der Waals surface area contributed by atoms with Crippen molar-refractivity contribution in [2.45, 2.75) is 44.2 Å². The molecular formula is C24H35N3O3. The Kier molecular flexibility index (Phi) is 6.74. The van der Waals surface area contributed by atoms with Crippen molar-refractivity contribution in [3.8, 4) is 0 Å². The van der Waals surface area contributed by atoms with Crippen molar-refractivity contribution in [3.63, 3.8) is 0 Å². The number of hydrogen-bond acceptors (Lipinski definition) is 4. The number of rotatable bonds is 7. The van der Waals surface area contributed by atoms with Gasteiger partial charge in [-0.25, -0.2) is 0 Å². The van der Waals surface area contributed by atoms with Crippen molar-refractivity contribution in [2.75, 3.05) is 46.9 Å². The smallest absolute Gasteiger partial charge is 0.236 e. The summed E-state index contributed by atoms with van der Waals surface area (Å²) in [6.07, 6.45) is 4.75. The van der Waals surface area contributed by atoms with Crippen LogP contribution in [0.25, 0.3) is 0 Å². The molecule has 6 nitrogen and oxygen atoms in total. The molecule has 3 heterocycles. The third-order valence-electron chi connectivity index (χ3n) is 7.22. The number of hydrogen-bond donors (Lipinski definition) is 0. The van der Waals surface area contributed by atoms with Crippen molar-refractivity contribution < 1.29 is 14.3 Å². The van der Waals surface area contributed by atoms with Crippen LogP contribution in [-0.4, -0.2) is 85.5 Å². The van der Waals surface area contributed by atoms with E-state index < -0.39 is 0 Å². The number of carbonyl (C=O) groups is 2. The van der Waals surface area contributed by atoms with E-state index in [2.05, 4.69) is 34.1 Å². The molecule has 3 aliphatic heterocycles. The molecule has 3 aliphatic rings. The van der Waals surface area contributed by atoms with E-state index in [4.69, 9.17) is 4.74 Å². The fourth-order valence-electron chi connectivity index (χ4n) is 5.75. The molecule has 0 aromatic heterocycles. The summed E-state index contributed by atoms with van der Waals surface area (Å²) in [5.74, 6) is 1.29. The van der Waals surface area contributed by atoms with Crippen LogP contribution in [0.15, 0.2) is 30.3 Å². The van der Waals surface area contributed by atoms with Crippen LogP contribution in [0.3, 0.4) is 0 Å². The Hall–Kier alpha value is -1.92. The summed E-state index contributed by atoms with van der Waals surface area (Å²) in [4.78, 5) is 32.4. The summed E-state index contributed by atoms with van der Waals surface area (Å²) in [5, 5.41) is 0. The van der Waals surface area contributed by atoms with Gasteiger partial charge in [-0.3, -0.25) is 14.5 Å². The van der Waals surface area contributed by atoms with Gasteiger partial charge in [0.15, 0.2) is 0 Å². The molecule has 0 N–H and O–H groups in total. The van der Waals surface area contributed by atoms with Gasteiger partial charge in [0.2, 0.25) is 11.8 Å². The minimum absolute atomic E-state index is 0.197. The molecule has 3 saturated heterocycles. The second-order valence-electron chi connectivity index (χ2n) is 9.30. The third kappa shape index (κ3) is 4.54. The first-order valence-electron chi connectivity index (χ1n) is 11.4. The molecule has 30 heavy (non-hydrogen) atoms.